The van der Waals surface area contributed by atoms with Gasteiger partial charge in [0.25, 0.3) is 0 Å². The predicted molar refractivity (Wildman–Crippen MR) is 70.6 cm³/mol. The van der Waals surface area contributed by atoms with E-state index in [9.17, 15) is 4.79 Å². The van der Waals surface area contributed by atoms with Gasteiger partial charge in [0.15, 0.2) is 0 Å². The van der Waals surface area contributed by atoms with E-state index in [1.807, 2.05) is 24.3 Å². The van der Waals surface area contributed by atoms with E-state index in [4.69, 9.17) is 4.74 Å². The minimum absolute atomic E-state index is 0.0700. The molecule has 2 aliphatic rings. The van der Waals surface area contributed by atoms with Gasteiger partial charge in [-0.25, -0.2) is 0 Å². The molecule has 3 heteroatoms. The maximum atomic E-state index is 12.1. The van der Waals surface area contributed by atoms with Gasteiger partial charge >= 0.3 is 5.97 Å². The molecule has 0 amide bonds. The van der Waals surface area contributed by atoms with E-state index in [-0.39, 0.29) is 11.9 Å². The Kier molecular flexibility index (Phi) is 3.22. The minimum Gasteiger partial charge on any atom is -0.465 e. The maximum absolute atomic E-state index is 12.1. The Morgan fingerprint density at radius 2 is 2.06 bits per heavy atom. The first-order valence-corrected chi connectivity index (χ1v) is 6.84. The summed E-state index contributed by atoms with van der Waals surface area (Å²) in [5.74, 6) is 0.403. The molecule has 1 aliphatic carbocycles. The van der Waals surface area contributed by atoms with Crippen molar-refractivity contribution >= 4 is 11.7 Å². The third-order valence-electron chi connectivity index (χ3n) is 4.05. The molecule has 1 saturated carbocycles. The molecule has 18 heavy (non-hydrogen) atoms. The summed E-state index contributed by atoms with van der Waals surface area (Å²) in [5, 5.41) is 3.26. The van der Waals surface area contributed by atoms with Crippen LogP contribution in [0, 0.1) is 5.92 Å². The van der Waals surface area contributed by atoms with Crippen LogP contribution in [-0.4, -0.2) is 19.1 Å². The third kappa shape index (κ3) is 2.22. The number of carbonyl (C=O) groups is 1. The number of esters is 1. The first kappa shape index (κ1) is 11.6. The summed E-state index contributed by atoms with van der Waals surface area (Å²) in [6.07, 6.45) is 5.01. The lowest BCUT2D eigenvalue weighted by Gasteiger charge is -2.13. The highest BCUT2D eigenvalue weighted by molar-refractivity contribution is 5.83. The van der Waals surface area contributed by atoms with Crippen molar-refractivity contribution in [3.63, 3.8) is 0 Å². The van der Waals surface area contributed by atoms with Crippen LogP contribution in [0.4, 0.5) is 5.69 Å². The molecular formula is C15H19NO2. The van der Waals surface area contributed by atoms with Crippen LogP contribution in [0.5, 0.6) is 0 Å². The molecule has 3 rings (SSSR count). The van der Waals surface area contributed by atoms with Gasteiger partial charge in [-0.2, -0.15) is 0 Å². The fourth-order valence-electron chi connectivity index (χ4n) is 2.97. The Morgan fingerprint density at radius 1 is 1.28 bits per heavy atom. The number of nitrogens with one attached hydrogen (secondary N) is 1. The minimum atomic E-state index is -0.123. The second-order valence-electron chi connectivity index (χ2n) is 5.30. The SMILES string of the molecule is O=C(OCC1CCCC1)C1CNc2ccccc21. The molecule has 0 radical (unpaired) electrons. The van der Waals surface area contributed by atoms with Gasteiger partial charge in [0.1, 0.15) is 5.92 Å². The van der Waals surface area contributed by atoms with Gasteiger partial charge < -0.3 is 10.1 Å². The molecule has 3 nitrogen and oxygen atoms in total. The summed E-state index contributed by atoms with van der Waals surface area (Å²) in [5.41, 5.74) is 2.15. The van der Waals surface area contributed by atoms with E-state index in [2.05, 4.69) is 5.32 Å². The Bertz CT molecular complexity index is 438. The number of fused-ring (bicyclic) bond motifs is 1. The summed E-state index contributed by atoms with van der Waals surface area (Å²) in [6, 6.07) is 7.98. The second-order valence-corrected chi connectivity index (χ2v) is 5.30. The molecule has 1 aliphatic heterocycles. The molecular weight excluding hydrogens is 226 g/mol. The van der Waals surface area contributed by atoms with Crippen molar-refractivity contribution in [3.8, 4) is 0 Å². The Hall–Kier alpha value is -1.51. The van der Waals surface area contributed by atoms with Crippen molar-refractivity contribution in [3.05, 3.63) is 29.8 Å². The van der Waals surface area contributed by atoms with Crippen LogP contribution < -0.4 is 5.32 Å². The fraction of sp³-hybridized carbons (Fsp3) is 0.533. The lowest BCUT2D eigenvalue weighted by atomic mass is 10.0. The van der Waals surface area contributed by atoms with E-state index < -0.39 is 0 Å². The van der Waals surface area contributed by atoms with Gasteiger partial charge in [-0.1, -0.05) is 31.0 Å². The maximum Gasteiger partial charge on any atom is 0.315 e. The fourth-order valence-corrected chi connectivity index (χ4v) is 2.97. The number of ether oxygens (including phenoxy) is 1. The molecule has 0 bridgehead atoms. The molecule has 0 aromatic heterocycles. The first-order chi connectivity index (χ1) is 8.84. The van der Waals surface area contributed by atoms with Gasteiger partial charge in [-0.05, 0) is 30.4 Å². The normalized spacial score (nSPS) is 22.6. The Morgan fingerprint density at radius 3 is 2.89 bits per heavy atom. The molecule has 1 aromatic rings. The molecule has 1 aromatic carbocycles. The van der Waals surface area contributed by atoms with E-state index in [1.54, 1.807) is 0 Å². The van der Waals surface area contributed by atoms with Crippen molar-refractivity contribution in [1.29, 1.82) is 0 Å². The number of benzene rings is 1. The van der Waals surface area contributed by atoms with Crippen molar-refractivity contribution in [2.24, 2.45) is 5.92 Å². The van der Waals surface area contributed by atoms with E-state index >= 15 is 0 Å². The van der Waals surface area contributed by atoms with Gasteiger partial charge in [0, 0.05) is 12.2 Å². The summed E-state index contributed by atoms with van der Waals surface area (Å²) in [4.78, 5) is 12.1. The summed E-state index contributed by atoms with van der Waals surface area (Å²) < 4.78 is 5.49. The number of para-hydroxylation sites is 1. The molecule has 0 spiro atoms. The molecule has 1 fully saturated rings. The smallest absolute Gasteiger partial charge is 0.315 e. The second kappa shape index (κ2) is 5.01. The van der Waals surface area contributed by atoms with Gasteiger partial charge in [0.2, 0.25) is 0 Å². The topological polar surface area (TPSA) is 38.3 Å². The largest absolute Gasteiger partial charge is 0.465 e. The van der Waals surface area contributed by atoms with Crippen molar-refractivity contribution < 1.29 is 9.53 Å². The highest BCUT2D eigenvalue weighted by atomic mass is 16.5. The van der Waals surface area contributed by atoms with Gasteiger partial charge in [-0.15, -0.1) is 0 Å². The highest BCUT2D eigenvalue weighted by Gasteiger charge is 2.30. The van der Waals surface area contributed by atoms with E-state index in [1.165, 1.54) is 25.7 Å². The first-order valence-electron chi connectivity index (χ1n) is 6.84. The van der Waals surface area contributed by atoms with Crippen LogP contribution in [0.25, 0.3) is 0 Å². The predicted octanol–water partition coefficient (Wildman–Crippen LogP) is 2.93. The average Bonchev–Trinajstić information content (AvgIpc) is 3.05. The summed E-state index contributed by atoms with van der Waals surface area (Å²) in [7, 11) is 0. The van der Waals surface area contributed by atoms with Crippen molar-refractivity contribution in [2.75, 3.05) is 18.5 Å². The summed E-state index contributed by atoms with van der Waals surface area (Å²) in [6.45, 7) is 1.28. The molecule has 1 heterocycles. The zero-order valence-corrected chi connectivity index (χ0v) is 10.5. The quantitative estimate of drug-likeness (QED) is 0.832. The highest BCUT2D eigenvalue weighted by Crippen LogP contribution is 2.32. The zero-order valence-electron chi connectivity index (χ0n) is 10.5. The van der Waals surface area contributed by atoms with Crippen LogP contribution in [0.2, 0.25) is 0 Å². The van der Waals surface area contributed by atoms with Crippen LogP contribution >= 0.6 is 0 Å². The van der Waals surface area contributed by atoms with Gasteiger partial charge in [0.05, 0.1) is 6.61 Å². The Balaban J connectivity index is 1.60. The molecule has 1 N–H and O–H groups in total. The molecule has 1 unspecified atom stereocenters. The lowest BCUT2D eigenvalue weighted by molar-refractivity contribution is -0.146. The van der Waals surface area contributed by atoms with E-state index in [0.717, 1.165) is 11.3 Å². The van der Waals surface area contributed by atoms with Crippen molar-refractivity contribution in [2.45, 2.75) is 31.6 Å². The van der Waals surface area contributed by atoms with Crippen LogP contribution in [0.3, 0.4) is 0 Å². The van der Waals surface area contributed by atoms with E-state index in [0.29, 0.717) is 19.1 Å². The summed E-state index contributed by atoms with van der Waals surface area (Å²) >= 11 is 0. The van der Waals surface area contributed by atoms with Crippen LogP contribution in [0.15, 0.2) is 24.3 Å². The number of hydrogen-bond donors (Lipinski definition) is 1. The van der Waals surface area contributed by atoms with Crippen molar-refractivity contribution in [1.82, 2.24) is 0 Å². The number of hydrogen-bond acceptors (Lipinski definition) is 3. The molecule has 96 valence electrons. The number of rotatable bonds is 3. The van der Waals surface area contributed by atoms with Crippen LogP contribution in [-0.2, 0) is 9.53 Å². The molecule has 1 atom stereocenters. The monoisotopic (exact) mass is 245 g/mol. The third-order valence-corrected chi connectivity index (χ3v) is 4.05. The number of carbonyl (C=O) groups excluding carboxylic acids is 1. The lowest BCUT2D eigenvalue weighted by Crippen LogP contribution is -2.20. The standard InChI is InChI=1S/C15H19NO2/c17-15(18-10-11-5-1-2-6-11)13-9-16-14-8-4-3-7-12(13)14/h3-4,7-8,11,13,16H,1-2,5-6,9-10H2. The number of anilines is 1. The average molecular weight is 245 g/mol. The zero-order chi connectivity index (χ0) is 12.4. The van der Waals surface area contributed by atoms with Gasteiger partial charge in [-0.3, -0.25) is 4.79 Å². The van der Waals surface area contributed by atoms with Crippen LogP contribution in [0.1, 0.15) is 37.2 Å². The Labute approximate surface area is 108 Å². The molecule has 0 saturated heterocycles.